The third-order valence-electron chi connectivity index (χ3n) is 1.95. The second-order valence-electron chi connectivity index (χ2n) is 3.17. The minimum Gasteiger partial charge on any atom is -0.545 e. The van der Waals surface area contributed by atoms with Crippen LogP contribution in [0, 0.1) is 0 Å². The Bertz CT molecular complexity index is 352. The Labute approximate surface area is 117 Å². The van der Waals surface area contributed by atoms with Gasteiger partial charge < -0.3 is 19.7 Å². The van der Waals surface area contributed by atoms with Crippen molar-refractivity contribution >= 4 is 5.97 Å². The number of carbonyl (C=O) groups excluding carboxylic acids is 1. The first-order valence-corrected chi connectivity index (χ1v) is 4.82. The molecular weight excluding hydrogens is 219 g/mol. The number of carbonyl (C=O) groups is 1. The first-order valence-electron chi connectivity index (χ1n) is 4.82. The van der Waals surface area contributed by atoms with Crippen LogP contribution >= 0.6 is 0 Å². The molecule has 0 spiro atoms. The summed E-state index contributed by atoms with van der Waals surface area (Å²) in [7, 11) is 0. The van der Waals surface area contributed by atoms with Gasteiger partial charge in [-0.2, -0.15) is 0 Å². The maximum atomic E-state index is 10.6. The SMILES string of the molecule is CCCCOc1ccc(O)c(C(=O)[O-])c1.[Na+]. The number of carboxylic acid groups (broad SMARTS) is 1. The van der Waals surface area contributed by atoms with Crippen LogP contribution in [0.25, 0.3) is 0 Å². The van der Waals surface area contributed by atoms with Gasteiger partial charge in [0.15, 0.2) is 0 Å². The van der Waals surface area contributed by atoms with E-state index in [-0.39, 0.29) is 40.9 Å². The topological polar surface area (TPSA) is 69.6 Å². The summed E-state index contributed by atoms with van der Waals surface area (Å²) in [5, 5.41) is 19.8. The third kappa shape index (κ3) is 4.43. The normalized spacial score (nSPS) is 9.31. The molecule has 0 bridgehead atoms. The summed E-state index contributed by atoms with van der Waals surface area (Å²) in [5.41, 5.74) is -0.246. The van der Waals surface area contributed by atoms with E-state index in [4.69, 9.17) is 4.74 Å². The molecule has 0 radical (unpaired) electrons. The molecule has 16 heavy (non-hydrogen) atoms. The molecule has 0 aromatic heterocycles. The van der Waals surface area contributed by atoms with E-state index in [1.165, 1.54) is 18.2 Å². The van der Waals surface area contributed by atoms with Crippen molar-refractivity contribution in [3.63, 3.8) is 0 Å². The predicted octanol–water partition coefficient (Wildman–Crippen LogP) is -2.06. The second kappa shape index (κ2) is 7.54. The van der Waals surface area contributed by atoms with Crippen LogP contribution in [0.3, 0.4) is 0 Å². The maximum Gasteiger partial charge on any atom is 1.00 e. The zero-order valence-electron chi connectivity index (χ0n) is 9.53. The van der Waals surface area contributed by atoms with Crippen LogP contribution in [-0.2, 0) is 0 Å². The Morgan fingerprint density at radius 1 is 1.50 bits per heavy atom. The molecule has 0 saturated heterocycles. The first-order chi connectivity index (χ1) is 7.15. The van der Waals surface area contributed by atoms with E-state index < -0.39 is 5.97 Å². The minimum absolute atomic E-state index is 0. The van der Waals surface area contributed by atoms with Crippen molar-refractivity contribution in [3.8, 4) is 11.5 Å². The number of hydrogen-bond acceptors (Lipinski definition) is 4. The fraction of sp³-hybridized carbons (Fsp3) is 0.364. The molecule has 1 aromatic carbocycles. The molecule has 0 aliphatic rings. The van der Waals surface area contributed by atoms with E-state index >= 15 is 0 Å². The van der Waals surface area contributed by atoms with Gasteiger partial charge >= 0.3 is 29.6 Å². The van der Waals surface area contributed by atoms with Crippen molar-refractivity contribution in [2.24, 2.45) is 0 Å². The predicted molar refractivity (Wildman–Crippen MR) is 52.8 cm³/mol. The summed E-state index contributed by atoms with van der Waals surface area (Å²) < 4.78 is 5.29. The number of phenols is 1. The average molecular weight is 232 g/mol. The number of carboxylic acids is 1. The molecule has 5 heteroatoms. The van der Waals surface area contributed by atoms with Gasteiger partial charge in [-0.25, -0.2) is 0 Å². The van der Waals surface area contributed by atoms with E-state index in [1.54, 1.807) is 0 Å². The Hall–Kier alpha value is -0.710. The van der Waals surface area contributed by atoms with Crippen LogP contribution < -0.4 is 39.4 Å². The van der Waals surface area contributed by atoms with Crippen LogP contribution in [0.4, 0.5) is 0 Å². The molecule has 4 nitrogen and oxygen atoms in total. The second-order valence-corrected chi connectivity index (χ2v) is 3.17. The summed E-state index contributed by atoms with van der Waals surface area (Å²) in [6.07, 6.45) is 1.91. The molecule has 0 aliphatic heterocycles. The minimum atomic E-state index is -1.41. The third-order valence-corrected chi connectivity index (χ3v) is 1.95. The quantitative estimate of drug-likeness (QED) is 0.468. The van der Waals surface area contributed by atoms with Crippen molar-refractivity contribution < 1.29 is 49.3 Å². The molecule has 0 amide bonds. The van der Waals surface area contributed by atoms with Gasteiger partial charge in [-0.05, 0) is 24.6 Å². The van der Waals surface area contributed by atoms with Gasteiger partial charge in [-0.3, -0.25) is 0 Å². The van der Waals surface area contributed by atoms with Crippen molar-refractivity contribution in [2.75, 3.05) is 6.61 Å². The van der Waals surface area contributed by atoms with E-state index in [2.05, 4.69) is 0 Å². The van der Waals surface area contributed by atoms with E-state index in [0.717, 1.165) is 12.8 Å². The molecular formula is C11H13NaO4. The average Bonchev–Trinajstić information content (AvgIpc) is 2.20. The van der Waals surface area contributed by atoms with Crippen LogP contribution in [0.15, 0.2) is 18.2 Å². The van der Waals surface area contributed by atoms with Gasteiger partial charge in [0, 0.05) is 5.56 Å². The molecule has 0 saturated carbocycles. The zero-order valence-corrected chi connectivity index (χ0v) is 11.5. The summed E-state index contributed by atoms with van der Waals surface area (Å²) in [5.74, 6) is -1.29. The van der Waals surface area contributed by atoms with Gasteiger partial charge in [-0.15, -0.1) is 0 Å². The molecule has 82 valence electrons. The molecule has 0 unspecified atom stereocenters. The van der Waals surface area contributed by atoms with Gasteiger partial charge in [-0.1, -0.05) is 13.3 Å². The van der Waals surface area contributed by atoms with Gasteiger partial charge in [0.1, 0.15) is 11.5 Å². The number of unbranched alkanes of at least 4 members (excludes halogenated alkanes) is 1. The number of aromatic carboxylic acids is 1. The number of rotatable bonds is 5. The van der Waals surface area contributed by atoms with Crippen LogP contribution in [-0.4, -0.2) is 17.7 Å². The van der Waals surface area contributed by atoms with Crippen molar-refractivity contribution in [1.82, 2.24) is 0 Å². The maximum absolute atomic E-state index is 10.6. The van der Waals surface area contributed by atoms with Crippen LogP contribution in [0.5, 0.6) is 11.5 Å². The monoisotopic (exact) mass is 232 g/mol. The van der Waals surface area contributed by atoms with Crippen molar-refractivity contribution in [3.05, 3.63) is 23.8 Å². The summed E-state index contributed by atoms with van der Waals surface area (Å²) in [6.45, 7) is 2.57. The molecule has 1 N–H and O–H groups in total. The molecule has 0 aliphatic carbocycles. The van der Waals surface area contributed by atoms with Crippen molar-refractivity contribution in [1.29, 1.82) is 0 Å². The summed E-state index contributed by atoms with van der Waals surface area (Å²) >= 11 is 0. The molecule has 1 rings (SSSR count). The Morgan fingerprint density at radius 3 is 2.75 bits per heavy atom. The fourth-order valence-electron chi connectivity index (χ4n) is 1.10. The van der Waals surface area contributed by atoms with E-state index in [1.807, 2.05) is 6.92 Å². The Kier molecular flexibility index (Phi) is 7.21. The van der Waals surface area contributed by atoms with E-state index in [0.29, 0.717) is 12.4 Å². The standard InChI is InChI=1S/C11H14O4.Na/c1-2-3-6-15-8-4-5-10(12)9(7-8)11(13)14;/h4-5,7,12H,2-3,6H2,1H3,(H,13,14);/q;+1/p-1. The van der Waals surface area contributed by atoms with Gasteiger partial charge in [0.25, 0.3) is 0 Å². The molecule has 0 atom stereocenters. The molecule has 0 fully saturated rings. The van der Waals surface area contributed by atoms with E-state index in [9.17, 15) is 15.0 Å². The largest absolute Gasteiger partial charge is 1.00 e. The van der Waals surface area contributed by atoms with Gasteiger partial charge in [0.05, 0.1) is 12.6 Å². The summed E-state index contributed by atoms with van der Waals surface area (Å²) in [4.78, 5) is 10.6. The zero-order chi connectivity index (χ0) is 11.3. The van der Waals surface area contributed by atoms with Crippen molar-refractivity contribution in [2.45, 2.75) is 19.8 Å². The van der Waals surface area contributed by atoms with Crippen LogP contribution in [0.1, 0.15) is 30.1 Å². The molecule has 0 heterocycles. The smallest absolute Gasteiger partial charge is 0.545 e. The number of aromatic hydroxyl groups is 1. The van der Waals surface area contributed by atoms with Gasteiger partial charge in [0.2, 0.25) is 0 Å². The number of ether oxygens (including phenoxy) is 1. The Balaban J connectivity index is 0.00000225. The molecule has 1 aromatic rings. The number of benzene rings is 1. The summed E-state index contributed by atoms with van der Waals surface area (Å²) in [6, 6.07) is 4.07. The first kappa shape index (κ1) is 15.3. The number of hydrogen-bond donors (Lipinski definition) is 1. The van der Waals surface area contributed by atoms with Crippen LogP contribution in [0.2, 0.25) is 0 Å². The Morgan fingerprint density at radius 2 is 2.19 bits per heavy atom. The fourth-order valence-corrected chi connectivity index (χ4v) is 1.10.